The molecule has 4 nitrogen and oxygen atoms in total. The summed E-state index contributed by atoms with van der Waals surface area (Å²) >= 11 is 0. The third-order valence-corrected chi connectivity index (χ3v) is 3.57. The zero-order chi connectivity index (χ0) is 16.1. The summed E-state index contributed by atoms with van der Waals surface area (Å²) in [5.41, 5.74) is 0.948. The summed E-state index contributed by atoms with van der Waals surface area (Å²) in [7, 11) is 0. The van der Waals surface area contributed by atoms with E-state index in [2.05, 4.69) is 5.32 Å². The monoisotopic (exact) mass is 302 g/mol. The number of hydrogen-bond donors (Lipinski definition) is 1. The fourth-order valence-corrected chi connectivity index (χ4v) is 2.27. The average molecular weight is 302 g/mol. The van der Waals surface area contributed by atoms with E-state index < -0.39 is 0 Å². The van der Waals surface area contributed by atoms with Crippen LogP contribution in [0.5, 0.6) is 0 Å². The molecule has 22 heavy (non-hydrogen) atoms. The summed E-state index contributed by atoms with van der Waals surface area (Å²) in [5.74, 6) is -0.592. The van der Waals surface area contributed by atoms with Crippen molar-refractivity contribution in [3.05, 3.63) is 64.3 Å². The Morgan fingerprint density at radius 1 is 1.27 bits per heavy atom. The third kappa shape index (κ3) is 3.81. The Kier molecular flexibility index (Phi) is 5.09. The van der Waals surface area contributed by atoms with Gasteiger partial charge in [0.1, 0.15) is 11.5 Å². The molecule has 1 N–H and O–H groups in total. The van der Waals surface area contributed by atoms with Gasteiger partial charge in [-0.1, -0.05) is 19.1 Å². The molecule has 2 aromatic rings. The van der Waals surface area contributed by atoms with Crippen molar-refractivity contribution in [1.29, 1.82) is 0 Å². The van der Waals surface area contributed by atoms with E-state index in [0.717, 1.165) is 5.56 Å². The number of pyridine rings is 1. The van der Waals surface area contributed by atoms with E-state index in [1.807, 2.05) is 13.8 Å². The van der Waals surface area contributed by atoms with Crippen molar-refractivity contribution in [2.75, 3.05) is 5.32 Å². The first kappa shape index (κ1) is 15.9. The van der Waals surface area contributed by atoms with Gasteiger partial charge in [0.05, 0.1) is 0 Å². The Morgan fingerprint density at radius 2 is 1.95 bits per heavy atom. The predicted molar refractivity (Wildman–Crippen MR) is 84.4 cm³/mol. The molecular weight excluding hydrogens is 283 g/mol. The third-order valence-electron chi connectivity index (χ3n) is 3.57. The van der Waals surface area contributed by atoms with Gasteiger partial charge in [-0.3, -0.25) is 9.59 Å². The standard InChI is InChI=1S/C17H19FN2O2/c1-3-20-10-4-5-15(17(20)22)19-16(21)11-12(2)13-6-8-14(18)9-7-13/h4-10,12H,3,11H2,1-2H3,(H,19,21)/t12-/m1/s1. The number of benzene rings is 1. The van der Waals surface area contributed by atoms with Crippen LogP contribution >= 0.6 is 0 Å². The Hall–Kier alpha value is -2.43. The fourth-order valence-electron chi connectivity index (χ4n) is 2.27. The molecule has 116 valence electrons. The number of aromatic nitrogens is 1. The number of hydrogen-bond acceptors (Lipinski definition) is 2. The summed E-state index contributed by atoms with van der Waals surface area (Å²) in [6.45, 7) is 4.31. The van der Waals surface area contributed by atoms with E-state index in [4.69, 9.17) is 0 Å². The van der Waals surface area contributed by atoms with Crippen molar-refractivity contribution in [2.45, 2.75) is 32.7 Å². The van der Waals surface area contributed by atoms with Gasteiger partial charge in [-0.2, -0.15) is 0 Å². The van der Waals surface area contributed by atoms with Gasteiger partial charge in [-0.25, -0.2) is 4.39 Å². The molecule has 0 saturated carbocycles. The first-order chi connectivity index (χ1) is 10.5. The van der Waals surface area contributed by atoms with Gasteiger partial charge in [-0.15, -0.1) is 0 Å². The molecule has 0 bridgehead atoms. The first-order valence-electron chi connectivity index (χ1n) is 7.26. The Labute approximate surface area is 128 Å². The molecule has 1 atom stereocenters. The lowest BCUT2D eigenvalue weighted by Crippen LogP contribution is -2.25. The fraction of sp³-hybridized carbons (Fsp3) is 0.294. The number of aryl methyl sites for hydroxylation is 1. The number of rotatable bonds is 5. The number of carbonyl (C=O) groups is 1. The highest BCUT2D eigenvalue weighted by atomic mass is 19.1. The second-order valence-electron chi connectivity index (χ2n) is 5.22. The SMILES string of the molecule is CCn1cccc(NC(=O)C[C@@H](C)c2ccc(F)cc2)c1=O. The highest BCUT2D eigenvalue weighted by Gasteiger charge is 2.13. The lowest BCUT2D eigenvalue weighted by atomic mass is 9.97. The topological polar surface area (TPSA) is 51.1 Å². The number of carbonyl (C=O) groups excluding carboxylic acids is 1. The summed E-state index contributed by atoms with van der Waals surface area (Å²) < 4.78 is 14.4. The number of nitrogens with zero attached hydrogens (tertiary/aromatic N) is 1. The predicted octanol–water partition coefficient (Wildman–Crippen LogP) is 3.14. The minimum atomic E-state index is -0.301. The van der Waals surface area contributed by atoms with Gasteiger partial charge in [0, 0.05) is 19.2 Å². The molecule has 1 aromatic heterocycles. The van der Waals surface area contributed by atoms with Crippen molar-refractivity contribution in [2.24, 2.45) is 0 Å². The summed E-state index contributed by atoms with van der Waals surface area (Å²) in [5, 5.41) is 2.65. The highest BCUT2D eigenvalue weighted by Crippen LogP contribution is 2.19. The van der Waals surface area contributed by atoms with Crippen LogP contribution in [0.25, 0.3) is 0 Å². The van der Waals surface area contributed by atoms with Crippen LogP contribution in [0.15, 0.2) is 47.4 Å². The molecule has 0 saturated heterocycles. The molecule has 0 aliphatic rings. The summed E-state index contributed by atoms with van der Waals surface area (Å²) in [4.78, 5) is 24.1. The number of halogens is 1. The molecule has 1 amide bonds. The van der Waals surface area contributed by atoms with Crippen molar-refractivity contribution in [3.63, 3.8) is 0 Å². The molecule has 0 fully saturated rings. The van der Waals surface area contributed by atoms with Gasteiger partial charge < -0.3 is 9.88 Å². The van der Waals surface area contributed by atoms with Gasteiger partial charge in [0.25, 0.3) is 5.56 Å². The van der Waals surface area contributed by atoms with Crippen molar-refractivity contribution in [3.8, 4) is 0 Å². The molecule has 1 heterocycles. The summed E-state index contributed by atoms with van der Waals surface area (Å²) in [6.07, 6.45) is 1.91. The number of nitrogens with one attached hydrogen (secondary N) is 1. The molecule has 0 unspecified atom stereocenters. The Balaban J connectivity index is 2.04. The molecular formula is C17H19FN2O2. The minimum Gasteiger partial charge on any atom is -0.321 e. The zero-order valence-corrected chi connectivity index (χ0v) is 12.7. The van der Waals surface area contributed by atoms with Crippen LogP contribution in [0.2, 0.25) is 0 Å². The van der Waals surface area contributed by atoms with Crippen LogP contribution < -0.4 is 10.9 Å². The molecule has 0 radical (unpaired) electrons. The number of anilines is 1. The van der Waals surface area contributed by atoms with Crippen LogP contribution in [-0.2, 0) is 11.3 Å². The van der Waals surface area contributed by atoms with Gasteiger partial charge in [0.2, 0.25) is 5.91 Å². The van der Waals surface area contributed by atoms with E-state index in [0.29, 0.717) is 6.54 Å². The van der Waals surface area contributed by atoms with Crippen LogP contribution in [0.4, 0.5) is 10.1 Å². The zero-order valence-electron chi connectivity index (χ0n) is 12.7. The van der Waals surface area contributed by atoms with E-state index >= 15 is 0 Å². The van der Waals surface area contributed by atoms with Crippen LogP contribution in [0.1, 0.15) is 31.7 Å². The van der Waals surface area contributed by atoms with E-state index in [-0.39, 0.29) is 35.3 Å². The quantitative estimate of drug-likeness (QED) is 0.922. The molecule has 2 rings (SSSR count). The molecule has 5 heteroatoms. The van der Waals surface area contributed by atoms with Crippen molar-refractivity contribution < 1.29 is 9.18 Å². The largest absolute Gasteiger partial charge is 0.321 e. The smallest absolute Gasteiger partial charge is 0.274 e. The van der Waals surface area contributed by atoms with Crippen molar-refractivity contribution >= 4 is 11.6 Å². The number of amides is 1. The lowest BCUT2D eigenvalue weighted by Gasteiger charge is -2.12. The maximum atomic E-state index is 12.9. The maximum Gasteiger partial charge on any atom is 0.274 e. The first-order valence-corrected chi connectivity index (χ1v) is 7.26. The summed E-state index contributed by atoms with van der Waals surface area (Å²) in [6, 6.07) is 9.40. The maximum absolute atomic E-state index is 12.9. The van der Waals surface area contributed by atoms with Gasteiger partial charge in [0.15, 0.2) is 0 Å². The second-order valence-corrected chi connectivity index (χ2v) is 5.22. The normalized spacial score (nSPS) is 12.0. The minimum absolute atomic E-state index is 0.0577. The van der Waals surface area contributed by atoms with Crippen molar-refractivity contribution in [1.82, 2.24) is 4.57 Å². The van der Waals surface area contributed by atoms with Crippen LogP contribution in [0.3, 0.4) is 0 Å². The van der Waals surface area contributed by atoms with Gasteiger partial charge >= 0.3 is 0 Å². The van der Waals surface area contributed by atoms with Crippen LogP contribution in [-0.4, -0.2) is 10.5 Å². The van der Waals surface area contributed by atoms with E-state index in [1.165, 1.54) is 16.7 Å². The van der Waals surface area contributed by atoms with Crippen LogP contribution in [0, 0.1) is 5.82 Å². The molecule has 0 aliphatic heterocycles. The lowest BCUT2D eigenvalue weighted by molar-refractivity contribution is -0.116. The Bertz CT molecular complexity index is 707. The Morgan fingerprint density at radius 3 is 2.59 bits per heavy atom. The van der Waals surface area contributed by atoms with Gasteiger partial charge in [-0.05, 0) is 42.7 Å². The van der Waals surface area contributed by atoms with E-state index in [1.54, 1.807) is 30.5 Å². The molecule has 0 spiro atoms. The second kappa shape index (κ2) is 7.02. The highest BCUT2D eigenvalue weighted by molar-refractivity contribution is 5.90. The average Bonchev–Trinajstić information content (AvgIpc) is 2.50. The molecule has 1 aromatic carbocycles. The molecule has 0 aliphatic carbocycles. The van der Waals surface area contributed by atoms with E-state index in [9.17, 15) is 14.0 Å².